The molecule has 20 heavy (non-hydrogen) atoms. The van der Waals surface area contributed by atoms with Gasteiger partial charge in [-0.3, -0.25) is 9.78 Å². The summed E-state index contributed by atoms with van der Waals surface area (Å²) >= 11 is 0. The van der Waals surface area contributed by atoms with Crippen molar-refractivity contribution in [1.29, 1.82) is 0 Å². The van der Waals surface area contributed by atoms with E-state index in [9.17, 15) is 4.79 Å². The Balaban J connectivity index is 2.11. The molecule has 0 aliphatic carbocycles. The molecule has 1 heterocycles. The molecular formula is C16H20N2O2. The summed E-state index contributed by atoms with van der Waals surface area (Å²) in [5, 5.41) is 5.14. The molecule has 0 bridgehead atoms. The number of amides is 1. The van der Waals surface area contributed by atoms with Crippen LogP contribution in [0.25, 0.3) is 10.8 Å². The van der Waals surface area contributed by atoms with Crippen LogP contribution in [0.4, 0.5) is 0 Å². The van der Waals surface area contributed by atoms with E-state index in [2.05, 4.69) is 10.3 Å². The van der Waals surface area contributed by atoms with E-state index in [4.69, 9.17) is 4.74 Å². The maximum atomic E-state index is 11.5. The number of nitrogens with one attached hydrogen (secondary N) is 1. The molecule has 4 heteroatoms. The number of benzene rings is 1. The molecule has 4 nitrogen and oxygen atoms in total. The molecule has 2 aromatic rings. The van der Waals surface area contributed by atoms with Crippen molar-refractivity contribution in [3.05, 3.63) is 36.2 Å². The summed E-state index contributed by atoms with van der Waals surface area (Å²) in [6, 6.07) is 5.94. The van der Waals surface area contributed by atoms with Crippen LogP contribution in [-0.2, 0) is 11.2 Å². The van der Waals surface area contributed by atoms with Crippen molar-refractivity contribution in [2.75, 3.05) is 13.7 Å². The fourth-order valence-electron chi connectivity index (χ4n) is 2.18. The minimum Gasteiger partial charge on any atom is -0.497 e. The number of fused-ring (bicyclic) bond motifs is 1. The molecular weight excluding hydrogens is 252 g/mol. The number of ether oxygens (including phenoxy) is 1. The topological polar surface area (TPSA) is 51.2 Å². The molecule has 2 rings (SSSR count). The Labute approximate surface area is 119 Å². The molecule has 0 aliphatic heterocycles. The van der Waals surface area contributed by atoms with Crippen molar-refractivity contribution < 1.29 is 9.53 Å². The molecule has 1 aromatic carbocycles. The van der Waals surface area contributed by atoms with Gasteiger partial charge in [0.25, 0.3) is 0 Å². The van der Waals surface area contributed by atoms with E-state index in [1.165, 1.54) is 0 Å². The van der Waals surface area contributed by atoms with Gasteiger partial charge in [0.1, 0.15) is 5.75 Å². The highest BCUT2D eigenvalue weighted by atomic mass is 16.5. The van der Waals surface area contributed by atoms with Crippen LogP contribution < -0.4 is 10.1 Å². The van der Waals surface area contributed by atoms with Crippen LogP contribution in [0.15, 0.2) is 30.6 Å². The summed E-state index contributed by atoms with van der Waals surface area (Å²) in [4.78, 5) is 15.7. The lowest BCUT2D eigenvalue weighted by atomic mass is 10.1. The number of methoxy groups -OCH3 is 1. The second kappa shape index (κ2) is 6.89. The van der Waals surface area contributed by atoms with Crippen LogP contribution in [0.2, 0.25) is 0 Å². The third kappa shape index (κ3) is 3.47. The summed E-state index contributed by atoms with van der Waals surface area (Å²) in [6.45, 7) is 2.64. The van der Waals surface area contributed by atoms with Gasteiger partial charge in [0.15, 0.2) is 0 Å². The number of aromatic nitrogens is 1. The Morgan fingerprint density at radius 3 is 2.95 bits per heavy atom. The van der Waals surface area contributed by atoms with E-state index < -0.39 is 0 Å². The summed E-state index contributed by atoms with van der Waals surface area (Å²) in [7, 11) is 1.66. The fraction of sp³-hybridized carbons (Fsp3) is 0.375. The third-order valence-electron chi connectivity index (χ3n) is 3.24. The van der Waals surface area contributed by atoms with E-state index >= 15 is 0 Å². The molecule has 0 unspecified atom stereocenters. The molecule has 0 saturated carbocycles. The van der Waals surface area contributed by atoms with Gasteiger partial charge in [0.05, 0.1) is 7.11 Å². The van der Waals surface area contributed by atoms with Crippen molar-refractivity contribution in [1.82, 2.24) is 10.3 Å². The van der Waals surface area contributed by atoms with Crippen molar-refractivity contribution in [3.8, 4) is 5.75 Å². The lowest BCUT2D eigenvalue weighted by Crippen LogP contribution is -2.25. The minimum atomic E-state index is 0.110. The van der Waals surface area contributed by atoms with Crippen molar-refractivity contribution >= 4 is 16.7 Å². The van der Waals surface area contributed by atoms with Crippen LogP contribution in [0.5, 0.6) is 5.75 Å². The normalized spacial score (nSPS) is 10.5. The molecule has 0 spiro atoms. The summed E-state index contributed by atoms with van der Waals surface area (Å²) < 4.78 is 5.26. The zero-order chi connectivity index (χ0) is 14.4. The van der Waals surface area contributed by atoms with Crippen molar-refractivity contribution in [2.45, 2.75) is 26.2 Å². The lowest BCUT2D eigenvalue weighted by Gasteiger charge is -2.09. The third-order valence-corrected chi connectivity index (χ3v) is 3.24. The van der Waals surface area contributed by atoms with E-state index in [-0.39, 0.29) is 5.91 Å². The average molecular weight is 272 g/mol. The van der Waals surface area contributed by atoms with Crippen LogP contribution in [0, 0.1) is 0 Å². The summed E-state index contributed by atoms with van der Waals surface area (Å²) in [6.07, 6.45) is 5.93. The Morgan fingerprint density at radius 2 is 2.20 bits per heavy atom. The number of rotatable bonds is 6. The largest absolute Gasteiger partial charge is 0.497 e. The van der Waals surface area contributed by atoms with E-state index in [1.807, 2.05) is 37.5 Å². The van der Waals surface area contributed by atoms with Gasteiger partial charge in [-0.1, -0.05) is 6.92 Å². The highest BCUT2D eigenvalue weighted by Crippen LogP contribution is 2.23. The number of pyridine rings is 1. The van der Waals surface area contributed by atoms with Crippen LogP contribution >= 0.6 is 0 Å². The van der Waals surface area contributed by atoms with Gasteiger partial charge in [0.2, 0.25) is 5.91 Å². The number of nitrogens with zero attached hydrogens (tertiary/aromatic N) is 1. The average Bonchev–Trinajstić information content (AvgIpc) is 2.47. The van der Waals surface area contributed by atoms with Crippen LogP contribution in [-0.4, -0.2) is 24.5 Å². The van der Waals surface area contributed by atoms with Gasteiger partial charge in [-0.25, -0.2) is 0 Å². The first-order chi connectivity index (χ1) is 9.74. The molecule has 0 fully saturated rings. The van der Waals surface area contributed by atoms with Crippen LogP contribution in [0.1, 0.15) is 25.3 Å². The predicted octanol–water partition coefficient (Wildman–Crippen LogP) is 2.70. The zero-order valence-corrected chi connectivity index (χ0v) is 12.0. The molecule has 0 atom stereocenters. The summed E-state index contributed by atoms with van der Waals surface area (Å²) in [5.74, 6) is 0.943. The maximum absolute atomic E-state index is 11.5. The van der Waals surface area contributed by atoms with Gasteiger partial charge in [-0.15, -0.1) is 0 Å². The van der Waals surface area contributed by atoms with Crippen LogP contribution in [0.3, 0.4) is 0 Å². The number of hydrogen-bond acceptors (Lipinski definition) is 3. The molecule has 0 saturated heterocycles. The second-order valence-corrected chi connectivity index (χ2v) is 4.74. The molecule has 0 radical (unpaired) electrons. The molecule has 1 N–H and O–H groups in total. The first-order valence-electron chi connectivity index (χ1n) is 6.92. The predicted molar refractivity (Wildman–Crippen MR) is 79.9 cm³/mol. The van der Waals surface area contributed by atoms with E-state index in [1.54, 1.807) is 7.11 Å². The minimum absolute atomic E-state index is 0.110. The molecule has 0 aliphatic rings. The van der Waals surface area contributed by atoms with E-state index in [0.29, 0.717) is 13.0 Å². The molecule has 106 valence electrons. The quantitative estimate of drug-likeness (QED) is 0.879. The van der Waals surface area contributed by atoms with Gasteiger partial charge < -0.3 is 10.1 Å². The second-order valence-electron chi connectivity index (χ2n) is 4.74. The summed E-state index contributed by atoms with van der Waals surface area (Å²) in [5.41, 5.74) is 1.12. The van der Waals surface area contributed by atoms with Gasteiger partial charge in [-0.2, -0.15) is 0 Å². The van der Waals surface area contributed by atoms with Crippen molar-refractivity contribution in [3.63, 3.8) is 0 Å². The van der Waals surface area contributed by atoms with Gasteiger partial charge in [0, 0.05) is 30.7 Å². The Morgan fingerprint density at radius 1 is 1.35 bits per heavy atom. The maximum Gasteiger partial charge on any atom is 0.219 e. The number of carbonyl (C=O) groups excluding carboxylic acids is 1. The highest BCUT2D eigenvalue weighted by molar-refractivity contribution is 5.86. The highest BCUT2D eigenvalue weighted by Gasteiger charge is 2.04. The first-order valence-corrected chi connectivity index (χ1v) is 6.92. The van der Waals surface area contributed by atoms with Gasteiger partial charge >= 0.3 is 0 Å². The Bertz CT molecular complexity index is 596. The number of carbonyl (C=O) groups is 1. The van der Waals surface area contributed by atoms with Gasteiger partial charge in [-0.05, 0) is 42.0 Å². The van der Waals surface area contributed by atoms with Crippen molar-refractivity contribution in [2.24, 2.45) is 0 Å². The monoisotopic (exact) mass is 272 g/mol. The zero-order valence-electron chi connectivity index (χ0n) is 12.0. The Hall–Kier alpha value is -2.10. The smallest absolute Gasteiger partial charge is 0.219 e. The Kier molecular flexibility index (Phi) is 4.93. The SMILES string of the molecule is CCCC(=O)NCCc1cncc2ccc(OC)cc12. The standard InChI is InChI=1S/C16H20N2O2/c1-3-4-16(19)18-8-7-13-11-17-10-12-5-6-14(20-2)9-15(12)13/h5-6,9-11H,3-4,7-8H2,1-2H3,(H,18,19). The first kappa shape index (κ1) is 14.3. The molecule has 1 amide bonds. The number of hydrogen-bond donors (Lipinski definition) is 1. The molecule has 1 aromatic heterocycles. The van der Waals surface area contributed by atoms with E-state index in [0.717, 1.165) is 34.9 Å². The fourth-order valence-corrected chi connectivity index (χ4v) is 2.18. The lowest BCUT2D eigenvalue weighted by molar-refractivity contribution is -0.121.